The summed E-state index contributed by atoms with van der Waals surface area (Å²) >= 11 is 0. The van der Waals surface area contributed by atoms with Crippen molar-refractivity contribution < 1.29 is 8.42 Å². The van der Waals surface area contributed by atoms with Crippen LogP contribution in [0, 0.1) is 11.8 Å². The van der Waals surface area contributed by atoms with E-state index in [-0.39, 0.29) is 5.75 Å². The highest BCUT2D eigenvalue weighted by Gasteiger charge is 2.13. The average Bonchev–Trinajstić information content (AvgIpc) is 2.21. The highest BCUT2D eigenvalue weighted by molar-refractivity contribution is 7.89. The van der Waals surface area contributed by atoms with E-state index in [0.29, 0.717) is 30.8 Å². The first-order valence-electron chi connectivity index (χ1n) is 6.45. The molecule has 5 heteroatoms. The number of nitrogens with one attached hydrogen (secondary N) is 2. The second kappa shape index (κ2) is 8.06. The topological polar surface area (TPSA) is 58.2 Å². The summed E-state index contributed by atoms with van der Waals surface area (Å²) in [5.74, 6) is 1.08. The van der Waals surface area contributed by atoms with Crippen LogP contribution in [0.5, 0.6) is 0 Å². The van der Waals surface area contributed by atoms with E-state index in [9.17, 15) is 8.42 Å². The lowest BCUT2D eigenvalue weighted by molar-refractivity contribution is 0.414. The number of hydrogen-bond donors (Lipinski definition) is 2. The summed E-state index contributed by atoms with van der Waals surface area (Å²) in [4.78, 5) is 0. The molecular formula is C12H28N2O2S. The van der Waals surface area contributed by atoms with E-state index in [0.717, 1.165) is 6.54 Å². The monoisotopic (exact) mass is 264 g/mol. The van der Waals surface area contributed by atoms with Gasteiger partial charge in [-0.3, -0.25) is 0 Å². The molecule has 1 atom stereocenters. The first-order chi connectivity index (χ1) is 7.74. The van der Waals surface area contributed by atoms with Gasteiger partial charge in [-0.15, -0.1) is 0 Å². The molecule has 0 bridgehead atoms. The zero-order valence-electron chi connectivity index (χ0n) is 11.8. The molecule has 4 nitrogen and oxygen atoms in total. The van der Waals surface area contributed by atoms with Gasteiger partial charge in [-0.2, -0.15) is 0 Å². The quantitative estimate of drug-likeness (QED) is 0.622. The Morgan fingerprint density at radius 1 is 1.06 bits per heavy atom. The Labute approximate surface area is 107 Å². The van der Waals surface area contributed by atoms with Crippen LogP contribution in [0.4, 0.5) is 0 Å². The lowest BCUT2D eigenvalue weighted by atomic mass is 9.99. The van der Waals surface area contributed by atoms with E-state index in [4.69, 9.17) is 0 Å². The van der Waals surface area contributed by atoms with Gasteiger partial charge < -0.3 is 5.32 Å². The minimum atomic E-state index is -3.10. The third-order valence-corrected chi connectivity index (χ3v) is 4.34. The molecule has 0 aromatic heterocycles. The highest BCUT2D eigenvalue weighted by Crippen LogP contribution is 2.08. The Kier molecular flexibility index (Phi) is 8.00. The fourth-order valence-electron chi connectivity index (χ4n) is 1.22. The predicted octanol–water partition coefficient (Wildman–Crippen LogP) is 1.59. The van der Waals surface area contributed by atoms with Gasteiger partial charge >= 0.3 is 0 Å². The lowest BCUT2D eigenvalue weighted by Gasteiger charge is -2.16. The molecule has 17 heavy (non-hydrogen) atoms. The SMILES string of the molecule is CC(C)NCCCS(=O)(=O)NCC(C)C(C)C. The molecule has 0 heterocycles. The molecule has 0 amide bonds. The Morgan fingerprint density at radius 2 is 1.65 bits per heavy atom. The van der Waals surface area contributed by atoms with Crippen LogP contribution < -0.4 is 10.0 Å². The van der Waals surface area contributed by atoms with Gasteiger partial charge in [0.05, 0.1) is 5.75 Å². The number of rotatable bonds is 9. The molecule has 0 aliphatic rings. The van der Waals surface area contributed by atoms with Crippen molar-refractivity contribution in [3.63, 3.8) is 0 Å². The summed E-state index contributed by atoms with van der Waals surface area (Å²) < 4.78 is 26.0. The molecule has 0 aliphatic heterocycles. The van der Waals surface area contributed by atoms with Gasteiger partial charge in [0.1, 0.15) is 0 Å². The summed E-state index contributed by atoms with van der Waals surface area (Å²) in [5, 5.41) is 3.21. The lowest BCUT2D eigenvalue weighted by Crippen LogP contribution is -2.33. The van der Waals surface area contributed by atoms with E-state index in [2.05, 4.69) is 44.7 Å². The van der Waals surface area contributed by atoms with Gasteiger partial charge in [0, 0.05) is 12.6 Å². The van der Waals surface area contributed by atoms with Crippen molar-refractivity contribution >= 4 is 10.0 Å². The summed E-state index contributed by atoms with van der Waals surface area (Å²) in [6.45, 7) is 11.7. The van der Waals surface area contributed by atoms with Crippen LogP contribution >= 0.6 is 0 Å². The van der Waals surface area contributed by atoms with Crippen molar-refractivity contribution in [2.75, 3.05) is 18.8 Å². The maximum Gasteiger partial charge on any atom is 0.211 e. The van der Waals surface area contributed by atoms with E-state index in [1.165, 1.54) is 0 Å². The first-order valence-corrected chi connectivity index (χ1v) is 8.10. The number of hydrogen-bond acceptors (Lipinski definition) is 3. The Hall–Kier alpha value is -0.130. The van der Waals surface area contributed by atoms with E-state index in [1.807, 2.05) is 0 Å². The predicted molar refractivity (Wildman–Crippen MR) is 73.5 cm³/mol. The second-order valence-corrected chi connectivity index (χ2v) is 7.28. The molecular weight excluding hydrogens is 236 g/mol. The summed E-state index contributed by atoms with van der Waals surface area (Å²) in [7, 11) is -3.10. The van der Waals surface area contributed by atoms with E-state index < -0.39 is 10.0 Å². The largest absolute Gasteiger partial charge is 0.314 e. The van der Waals surface area contributed by atoms with Crippen molar-refractivity contribution in [1.29, 1.82) is 0 Å². The molecule has 1 unspecified atom stereocenters. The second-order valence-electron chi connectivity index (χ2n) is 5.35. The fraction of sp³-hybridized carbons (Fsp3) is 1.00. The summed E-state index contributed by atoms with van der Waals surface area (Å²) in [5.41, 5.74) is 0. The van der Waals surface area contributed by atoms with Crippen molar-refractivity contribution in [2.24, 2.45) is 11.8 Å². The van der Waals surface area contributed by atoms with Crippen LogP contribution in [0.2, 0.25) is 0 Å². The van der Waals surface area contributed by atoms with Crippen molar-refractivity contribution in [3.8, 4) is 0 Å². The van der Waals surface area contributed by atoms with Gasteiger partial charge in [0.2, 0.25) is 10.0 Å². The molecule has 104 valence electrons. The fourth-order valence-corrected chi connectivity index (χ4v) is 2.40. The molecule has 0 aliphatic carbocycles. The molecule has 0 rings (SSSR count). The van der Waals surface area contributed by atoms with Gasteiger partial charge in [-0.1, -0.05) is 34.6 Å². The molecule has 0 spiro atoms. The molecule has 0 saturated heterocycles. The maximum atomic E-state index is 11.7. The van der Waals surface area contributed by atoms with Crippen LogP contribution in [-0.4, -0.2) is 33.3 Å². The molecule has 0 fully saturated rings. The minimum absolute atomic E-state index is 0.206. The minimum Gasteiger partial charge on any atom is -0.314 e. The normalized spacial score (nSPS) is 14.5. The molecule has 0 saturated carbocycles. The first kappa shape index (κ1) is 16.9. The smallest absolute Gasteiger partial charge is 0.211 e. The third kappa shape index (κ3) is 9.56. The highest BCUT2D eigenvalue weighted by atomic mass is 32.2. The summed E-state index contributed by atoms with van der Waals surface area (Å²) in [6, 6.07) is 0.409. The third-order valence-electron chi connectivity index (χ3n) is 2.91. The van der Waals surface area contributed by atoms with Crippen LogP contribution in [0.15, 0.2) is 0 Å². The molecule has 0 aromatic carbocycles. The van der Waals surface area contributed by atoms with Crippen molar-refractivity contribution in [3.05, 3.63) is 0 Å². The van der Waals surface area contributed by atoms with E-state index in [1.54, 1.807) is 0 Å². The zero-order valence-corrected chi connectivity index (χ0v) is 12.6. The number of sulfonamides is 1. The standard InChI is InChI=1S/C12H28N2O2S/c1-10(2)12(5)9-14-17(15,16)8-6-7-13-11(3)4/h10-14H,6-9H2,1-5H3. The van der Waals surface area contributed by atoms with Crippen LogP contribution in [0.25, 0.3) is 0 Å². The van der Waals surface area contributed by atoms with Crippen LogP contribution in [0.3, 0.4) is 0 Å². The van der Waals surface area contributed by atoms with E-state index >= 15 is 0 Å². The van der Waals surface area contributed by atoms with Crippen molar-refractivity contribution in [1.82, 2.24) is 10.0 Å². The molecule has 0 radical (unpaired) electrons. The Balaban J connectivity index is 3.81. The van der Waals surface area contributed by atoms with Crippen molar-refractivity contribution in [2.45, 2.75) is 47.1 Å². The molecule has 0 aromatic rings. The maximum absolute atomic E-state index is 11.7. The van der Waals surface area contributed by atoms with Gasteiger partial charge in [-0.25, -0.2) is 13.1 Å². The van der Waals surface area contributed by atoms with Gasteiger partial charge in [0.15, 0.2) is 0 Å². The zero-order chi connectivity index (χ0) is 13.5. The summed E-state index contributed by atoms with van der Waals surface area (Å²) in [6.07, 6.45) is 0.656. The molecule has 2 N–H and O–H groups in total. The van der Waals surface area contributed by atoms with Gasteiger partial charge in [-0.05, 0) is 24.8 Å². The van der Waals surface area contributed by atoms with Crippen LogP contribution in [0.1, 0.15) is 41.0 Å². The Bertz CT molecular complexity index is 287. The van der Waals surface area contributed by atoms with Gasteiger partial charge in [0.25, 0.3) is 0 Å². The average molecular weight is 264 g/mol. The Morgan fingerprint density at radius 3 is 2.12 bits per heavy atom. The van der Waals surface area contributed by atoms with Crippen LogP contribution in [-0.2, 0) is 10.0 Å².